The second-order valence-electron chi connectivity index (χ2n) is 9.39. The Morgan fingerprint density at radius 1 is 1.13 bits per heavy atom. The number of methoxy groups -OCH3 is 1. The lowest BCUT2D eigenvalue weighted by Crippen LogP contribution is -2.44. The Labute approximate surface area is 186 Å². The fourth-order valence-electron chi connectivity index (χ4n) is 4.72. The van der Waals surface area contributed by atoms with E-state index in [1.807, 2.05) is 31.2 Å². The molecule has 2 atom stereocenters. The van der Waals surface area contributed by atoms with Crippen LogP contribution in [0, 0.1) is 0 Å². The van der Waals surface area contributed by atoms with Crippen LogP contribution in [0.5, 0.6) is 0 Å². The highest BCUT2D eigenvalue weighted by Crippen LogP contribution is 2.34. The molecule has 2 aliphatic rings. The van der Waals surface area contributed by atoms with E-state index in [1.54, 1.807) is 0 Å². The summed E-state index contributed by atoms with van der Waals surface area (Å²) in [5.74, 6) is 0.199. The van der Waals surface area contributed by atoms with Crippen LogP contribution in [0.4, 0.5) is 0 Å². The fraction of sp³-hybridized carbons (Fsp3) is 0.720. The number of hydrogen-bond donors (Lipinski definition) is 2. The Balaban J connectivity index is 1.36. The maximum atomic E-state index is 11.6. The largest absolute Gasteiger partial charge is 0.465 e. The Morgan fingerprint density at radius 3 is 2.39 bits per heavy atom. The lowest BCUT2D eigenvalue weighted by Gasteiger charge is -2.34. The minimum Gasteiger partial charge on any atom is -0.465 e. The summed E-state index contributed by atoms with van der Waals surface area (Å²) in [5, 5.41) is 10.6. The summed E-state index contributed by atoms with van der Waals surface area (Å²) in [5.41, 5.74) is 7.47. The average molecular weight is 434 g/mol. The third-order valence-corrected chi connectivity index (χ3v) is 7.00. The van der Waals surface area contributed by atoms with Crippen LogP contribution in [0.2, 0.25) is 0 Å². The molecule has 6 nitrogen and oxygen atoms in total. The van der Waals surface area contributed by atoms with Gasteiger partial charge in [0.1, 0.15) is 0 Å². The first-order chi connectivity index (χ1) is 14.9. The van der Waals surface area contributed by atoms with E-state index >= 15 is 0 Å². The third kappa shape index (κ3) is 7.01. The van der Waals surface area contributed by atoms with Crippen molar-refractivity contribution in [3.8, 4) is 0 Å². The van der Waals surface area contributed by atoms with Gasteiger partial charge in [0.05, 0.1) is 49.7 Å². The summed E-state index contributed by atoms with van der Waals surface area (Å²) in [6, 6.07) is 7.55. The number of carbonyl (C=O) groups excluding carboxylic acids is 1. The third-order valence-electron chi connectivity index (χ3n) is 7.00. The summed E-state index contributed by atoms with van der Waals surface area (Å²) >= 11 is 0. The highest BCUT2D eigenvalue weighted by atomic mass is 16.5. The number of hydrogen-bond acceptors (Lipinski definition) is 6. The smallest absolute Gasteiger partial charge is 0.337 e. The van der Waals surface area contributed by atoms with Gasteiger partial charge in [0.2, 0.25) is 0 Å². The van der Waals surface area contributed by atoms with Crippen molar-refractivity contribution in [2.24, 2.45) is 5.73 Å². The topological polar surface area (TPSA) is 91.0 Å². The first-order valence-electron chi connectivity index (χ1n) is 11.8. The number of rotatable bonds is 9. The van der Waals surface area contributed by atoms with Gasteiger partial charge >= 0.3 is 5.97 Å². The first-order valence-corrected chi connectivity index (χ1v) is 11.8. The van der Waals surface area contributed by atoms with Crippen molar-refractivity contribution in [2.75, 3.05) is 20.3 Å². The summed E-state index contributed by atoms with van der Waals surface area (Å²) < 4.78 is 16.8. The quantitative estimate of drug-likeness (QED) is 0.573. The maximum Gasteiger partial charge on any atom is 0.337 e. The molecule has 0 radical (unpaired) electrons. The van der Waals surface area contributed by atoms with E-state index in [9.17, 15) is 9.90 Å². The van der Waals surface area contributed by atoms with Gasteiger partial charge < -0.3 is 25.1 Å². The monoisotopic (exact) mass is 433 g/mol. The van der Waals surface area contributed by atoms with Gasteiger partial charge in [0.25, 0.3) is 0 Å². The second-order valence-corrected chi connectivity index (χ2v) is 9.39. The molecule has 31 heavy (non-hydrogen) atoms. The molecule has 3 N–H and O–H groups in total. The van der Waals surface area contributed by atoms with Gasteiger partial charge in [0.15, 0.2) is 0 Å². The molecule has 1 aromatic carbocycles. The second kappa shape index (κ2) is 11.4. The fourth-order valence-corrected chi connectivity index (χ4v) is 4.72. The minimum absolute atomic E-state index is 0.143. The van der Waals surface area contributed by atoms with E-state index in [1.165, 1.54) is 19.1 Å². The molecule has 6 heteroatoms. The van der Waals surface area contributed by atoms with Crippen LogP contribution in [0.1, 0.15) is 86.6 Å². The standard InChI is InChI=1S/C25H39NO5/c1-18(31-17-25(28)14-4-3-5-15-25)23(26)16-30-22-12-10-20(11-13-22)19-6-8-21(9-7-19)24(27)29-2/h6-9,18,20,22-23,28H,3-5,10-17,26H2,1-2H3/t18-,20?,22?,23-/m1/s1. The number of benzene rings is 1. The van der Waals surface area contributed by atoms with Crippen LogP contribution >= 0.6 is 0 Å². The zero-order chi connectivity index (χ0) is 22.3. The van der Waals surface area contributed by atoms with Crippen LogP contribution in [0.25, 0.3) is 0 Å². The van der Waals surface area contributed by atoms with Crippen molar-refractivity contribution < 1.29 is 24.1 Å². The lowest BCUT2D eigenvalue weighted by molar-refractivity contribution is -0.0986. The van der Waals surface area contributed by atoms with Crippen molar-refractivity contribution in [3.63, 3.8) is 0 Å². The van der Waals surface area contributed by atoms with Crippen LogP contribution < -0.4 is 5.73 Å². The summed E-state index contributed by atoms with van der Waals surface area (Å²) in [6.07, 6.45) is 9.21. The SMILES string of the molecule is COC(=O)c1ccc(C2CCC(OC[C@@H](N)[C@@H](C)OCC3(O)CCCCC3)CC2)cc1. The zero-order valence-corrected chi connectivity index (χ0v) is 19.1. The highest BCUT2D eigenvalue weighted by molar-refractivity contribution is 5.89. The molecular formula is C25H39NO5. The zero-order valence-electron chi connectivity index (χ0n) is 19.1. The van der Waals surface area contributed by atoms with Crippen molar-refractivity contribution >= 4 is 5.97 Å². The molecule has 174 valence electrons. The predicted molar refractivity (Wildman–Crippen MR) is 120 cm³/mol. The van der Waals surface area contributed by atoms with E-state index in [0.717, 1.165) is 51.4 Å². The molecule has 2 fully saturated rings. The average Bonchev–Trinajstić information content (AvgIpc) is 2.81. The summed E-state index contributed by atoms with van der Waals surface area (Å²) in [4.78, 5) is 11.6. The van der Waals surface area contributed by atoms with E-state index in [4.69, 9.17) is 19.9 Å². The Morgan fingerprint density at radius 2 is 1.77 bits per heavy atom. The molecule has 0 amide bonds. The number of carbonyl (C=O) groups is 1. The molecule has 0 unspecified atom stereocenters. The summed E-state index contributed by atoms with van der Waals surface area (Å²) in [7, 11) is 1.40. The maximum absolute atomic E-state index is 11.6. The van der Waals surface area contributed by atoms with E-state index in [0.29, 0.717) is 24.7 Å². The molecule has 0 spiro atoms. The van der Waals surface area contributed by atoms with E-state index in [2.05, 4.69) is 0 Å². The number of aliphatic hydroxyl groups is 1. The molecule has 0 heterocycles. The van der Waals surface area contributed by atoms with Crippen molar-refractivity contribution in [2.45, 2.75) is 94.5 Å². The molecule has 2 aliphatic carbocycles. The molecule has 1 aromatic rings. The predicted octanol–water partition coefficient (Wildman–Crippen LogP) is 3.94. The first kappa shape index (κ1) is 24.2. The van der Waals surface area contributed by atoms with Gasteiger partial charge in [-0.2, -0.15) is 0 Å². The number of esters is 1. The normalized spacial score (nSPS) is 25.5. The van der Waals surface area contributed by atoms with Crippen LogP contribution in [0.3, 0.4) is 0 Å². The molecular weight excluding hydrogens is 394 g/mol. The number of ether oxygens (including phenoxy) is 3. The van der Waals surface area contributed by atoms with Crippen molar-refractivity contribution in [1.82, 2.24) is 0 Å². The lowest BCUT2D eigenvalue weighted by atomic mass is 9.82. The molecule has 0 aliphatic heterocycles. The van der Waals surface area contributed by atoms with Gasteiger partial charge in [-0.3, -0.25) is 0 Å². The molecule has 0 bridgehead atoms. The van der Waals surface area contributed by atoms with Gasteiger partial charge in [-0.25, -0.2) is 4.79 Å². The Kier molecular flexibility index (Phi) is 8.90. The van der Waals surface area contributed by atoms with Gasteiger partial charge in [-0.15, -0.1) is 0 Å². The highest BCUT2D eigenvalue weighted by Gasteiger charge is 2.31. The summed E-state index contributed by atoms with van der Waals surface area (Å²) in [6.45, 7) is 2.81. The van der Waals surface area contributed by atoms with Crippen LogP contribution in [-0.4, -0.2) is 55.3 Å². The molecule has 0 aromatic heterocycles. The molecule has 0 saturated heterocycles. The van der Waals surface area contributed by atoms with Crippen LogP contribution in [-0.2, 0) is 14.2 Å². The van der Waals surface area contributed by atoms with Crippen molar-refractivity contribution in [3.05, 3.63) is 35.4 Å². The Hall–Kier alpha value is -1.47. The van der Waals surface area contributed by atoms with Gasteiger partial charge in [-0.1, -0.05) is 31.4 Å². The minimum atomic E-state index is -0.680. The van der Waals surface area contributed by atoms with Crippen LogP contribution in [0.15, 0.2) is 24.3 Å². The van der Waals surface area contributed by atoms with E-state index < -0.39 is 5.60 Å². The number of nitrogens with two attached hydrogens (primary N) is 1. The van der Waals surface area contributed by atoms with Gasteiger partial charge in [0, 0.05) is 0 Å². The van der Waals surface area contributed by atoms with Gasteiger partial charge in [-0.05, 0) is 69.1 Å². The molecule has 2 saturated carbocycles. The molecule has 3 rings (SSSR count). The van der Waals surface area contributed by atoms with Crippen molar-refractivity contribution in [1.29, 1.82) is 0 Å². The van der Waals surface area contributed by atoms with E-state index in [-0.39, 0.29) is 24.2 Å². The Bertz CT molecular complexity index is 678.